The maximum atomic E-state index is 12.8. The van der Waals surface area contributed by atoms with Crippen LogP contribution in [0.1, 0.15) is 18.9 Å². The molecule has 0 radical (unpaired) electrons. The molecule has 0 bridgehead atoms. The van der Waals surface area contributed by atoms with Crippen LogP contribution in [0.15, 0.2) is 29.2 Å². The average Bonchev–Trinajstić information content (AvgIpc) is 2.53. The molecule has 1 saturated heterocycles. The number of hydrogen-bond acceptors (Lipinski definition) is 4. The quantitative estimate of drug-likeness (QED) is 0.840. The van der Waals surface area contributed by atoms with Gasteiger partial charge in [-0.05, 0) is 18.6 Å². The van der Waals surface area contributed by atoms with Crippen molar-refractivity contribution in [3.8, 4) is 11.8 Å². The van der Waals surface area contributed by atoms with Gasteiger partial charge in [0.25, 0.3) is 0 Å². The number of ether oxygens (including phenoxy) is 1. The zero-order valence-corrected chi connectivity index (χ0v) is 12.8. The largest absolute Gasteiger partial charge is 0.384 e. The highest BCUT2D eigenvalue weighted by Crippen LogP contribution is 2.22. The summed E-state index contributed by atoms with van der Waals surface area (Å²) in [5.74, 6) is 5.19. The van der Waals surface area contributed by atoms with Crippen molar-refractivity contribution in [2.75, 3.05) is 26.3 Å². The number of aliphatic hydroxyl groups excluding tert-OH is 1. The molecule has 1 fully saturated rings. The summed E-state index contributed by atoms with van der Waals surface area (Å²) in [6.07, 6.45) is 0.710. The van der Waals surface area contributed by atoms with Crippen LogP contribution < -0.4 is 0 Å². The lowest BCUT2D eigenvalue weighted by Crippen LogP contribution is -2.45. The van der Waals surface area contributed by atoms with E-state index in [9.17, 15) is 8.42 Å². The van der Waals surface area contributed by atoms with Crippen LogP contribution in [0.25, 0.3) is 0 Å². The molecule has 0 aliphatic carbocycles. The lowest BCUT2D eigenvalue weighted by Gasteiger charge is -2.31. The summed E-state index contributed by atoms with van der Waals surface area (Å²) in [5, 5.41) is 8.79. The van der Waals surface area contributed by atoms with Gasteiger partial charge in [-0.25, -0.2) is 8.42 Å². The molecule has 1 aromatic rings. The molecule has 1 aromatic carbocycles. The Kier molecular flexibility index (Phi) is 5.37. The molecule has 6 heteroatoms. The first-order chi connectivity index (χ1) is 10.1. The molecule has 1 atom stereocenters. The van der Waals surface area contributed by atoms with Gasteiger partial charge in [0.1, 0.15) is 6.61 Å². The molecule has 0 saturated carbocycles. The van der Waals surface area contributed by atoms with Gasteiger partial charge >= 0.3 is 0 Å². The van der Waals surface area contributed by atoms with Crippen LogP contribution in [0, 0.1) is 11.8 Å². The lowest BCUT2D eigenvalue weighted by atomic mass is 10.2. The second kappa shape index (κ2) is 7.05. The fourth-order valence-electron chi connectivity index (χ4n) is 2.23. The van der Waals surface area contributed by atoms with E-state index in [4.69, 9.17) is 9.84 Å². The fourth-order valence-corrected chi connectivity index (χ4v) is 3.83. The number of sulfonamides is 1. The highest BCUT2D eigenvalue weighted by Gasteiger charge is 2.31. The fraction of sp³-hybridized carbons (Fsp3) is 0.467. The van der Waals surface area contributed by atoms with E-state index < -0.39 is 10.0 Å². The van der Waals surface area contributed by atoms with Gasteiger partial charge in [0.05, 0.1) is 17.6 Å². The lowest BCUT2D eigenvalue weighted by molar-refractivity contribution is -0.00278. The average molecular weight is 309 g/mol. The number of hydrogen-bond donors (Lipinski definition) is 1. The Bertz CT molecular complexity index is 645. The van der Waals surface area contributed by atoms with E-state index in [-0.39, 0.29) is 17.6 Å². The smallest absolute Gasteiger partial charge is 0.244 e. The van der Waals surface area contributed by atoms with Crippen LogP contribution in [-0.4, -0.2) is 50.2 Å². The van der Waals surface area contributed by atoms with Gasteiger partial charge in [-0.1, -0.05) is 30.9 Å². The third-order valence-electron chi connectivity index (χ3n) is 3.36. The van der Waals surface area contributed by atoms with Gasteiger partial charge in [-0.3, -0.25) is 0 Å². The second-order valence-electron chi connectivity index (χ2n) is 4.72. The first kappa shape index (κ1) is 16.0. The van der Waals surface area contributed by atoms with Crippen molar-refractivity contribution in [3.05, 3.63) is 29.8 Å². The van der Waals surface area contributed by atoms with Crippen molar-refractivity contribution in [2.24, 2.45) is 0 Å². The molecule has 0 spiro atoms. The molecular formula is C15H19NO4S. The molecule has 0 amide bonds. The van der Waals surface area contributed by atoms with Gasteiger partial charge in [-0.2, -0.15) is 4.31 Å². The molecule has 1 N–H and O–H groups in total. The Morgan fingerprint density at radius 2 is 2.19 bits per heavy atom. The van der Waals surface area contributed by atoms with Gasteiger partial charge in [0.15, 0.2) is 0 Å². The molecular weight excluding hydrogens is 290 g/mol. The predicted octanol–water partition coefficient (Wildman–Crippen LogP) is 0.830. The minimum absolute atomic E-state index is 0.0655. The Labute approximate surface area is 125 Å². The number of aliphatic hydroxyl groups is 1. The topological polar surface area (TPSA) is 66.8 Å². The van der Waals surface area contributed by atoms with Gasteiger partial charge in [-0.15, -0.1) is 0 Å². The summed E-state index contributed by atoms with van der Waals surface area (Å²) in [7, 11) is -3.60. The molecule has 21 heavy (non-hydrogen) atoms. The third kappa shape index (κ3) is 3.63. The van der Waals surface area contributed by atoms with Crippen molar-refractivity contribution in [1.82, 2.24) is 4.31 Å². The van der Waals surface area contributed by atoms with Crippen molar-refractivity contribution >= 4 is 10.0 Å². The SMILES string of the molecule is CCC1CN(S(=O)(=O)c2ccccc2C#CCO)CCO1. The molecule has 5 nitrogen and oxygen atoms in total. The summed E-state index contributed by atoms with van der Waals surface area (Å²) in [6.45, 7) is 2.79. The number of rotatable bonds is 3. The van der Waals surface area contributed by atoms with Crippen molar-refractivity contribution in [1.29, 1.82) is 0 Å². The molecule has 1 unspecified atom stereocenters. The van der Waals surface area contributed by atoms with Crippen LogP contribution in [0.4, 0.5) is 0 Å². The highest BCUT2D eigenvalue weighted by molar-refractivity contribution is 7.89. The Morgan fingerprint density at radius 3 is 2.90 bits per heavy atom. The van der Waals surface area contributed by atoms with Crippen LogP contribution in [-0.2, 0) is 14.8 Å². The minimum Gasteiger partial charge on any atom is -0.384 e. The number of benzene rings is 1. The van der Waals surface area contributed by atoms with Gasteiger partial charge < -0.3 is 9.84 Å². The molecule has 1 aliphatic heterocycles. The van der Waals surface area contributed by atoms with E-state index in [2.05, 4.69) is 11.8 Å². The van der Waals surface area contributed by atoms with E-state index in [0.717, 1.165) is 6.42 Å². The van der Waals surface area contributed by atoms with E-state index in [1.807, 2.05) is 6.92 Å². The van der Waals surface area contributed by atoms with Crippen LogP contribution in [0.3, 0.4) is 0 Å². The second-order valence-corrected chi connectivity index (χ2v) is 6.63. The third-order valence-corrected chi connectivity index (χ3v) is 5.29. The van der Waals surface area contributed by atoms with E-state index >= 15 is 0 Å². The van der Waals surface area contributed by atoms with Gasteiger partial charge in [0.2, 0.25) is 10.0 Å². The maximum Gasteiger partial charge on any atom is 0.244 e. The van der Waals surface area contributed by atoms with Crippen LogP contribution in [0.5, 0.6) is 0 Å². The molecule has 114 valence electrons. The van der Waals surface area contributed by atoms with Crippen LogP contribution >= 0.6 is 0 Å². The first-order valence-corrected chi connectivity index (χ1v) is 8.34. The van der Waals surface area contributed by atoms with E-state index in [1.54, 1.807) is 24.3 Å². The van der Waals surface area contributed by atoms with Crippen molar-refractivity contribution < 1.29 is 18.3 Å². The zero-order chi connectivity index (χ0) is 15.3. The minimum atomic E-state index is -3.60. The summed E-state index contributed by atoms with van der Waals surface area (Å²) in [5.41, 5.74) is 0.408. The first-order valence-electron chi connectivity index (χ1n) is 6.90. The number of nitrogens with zero attached hydrogens (tertiary/aromatic N) is 1. The summed E-state index contributed by atoms with van der Waals surface area (Å²) in [4.78, 5) is 0.183. The molecule has 2 rings (SSSR count). The molecule has 0 aromatic heterocycles. The Balaban J connectivity index is 2.35. The van der Waals surface area contributed by atoms with E-state index in [0.29, 0.717) is 25.3 Å². The Morgan fingerprint density at radius 1 is 1.43 bits per heavy atom. The number of morpholine rings is 1. The standard InChI is InChI=1S/C15H19NO4S/c1-2-14-12-16(9-11-20-14)21(18,19)15-8-4-3-6-13(15)7-5-10-17/h3-4,6,8,14,17H,2,9-12H2,1H3. The zero-order valence-electron chi connectivity index (χ0n) is 11.9. The predicted molar refractivity (Wildman–Crippen MR) is 79.2 cm³/mol. The summed E-state index contributed by atoms with van der Waals surface area (Å²) < 4.78 is 32.5. The van der Waals surface area contributed by atoms with Gasteiger partial charge in [0, 0.05) is 18.7 Å². The monoisotopic (exact) mass is 309 g/mol. The van der Waals surface area contributed by atoms with Crippen LogP contribution in [0.2, 0.25) is 0 Å². The Hall–Kier alpha value is -1.39. The maximum absolute atomic E-state index is 12.8. The molecule has 1 aliphatic rings. The normalized spacial score (nSPS) is 19.8. The highest BCUT2D eigenvalue weighted by atomic mass is 32.2. The van der Waals surface area contributed by atoms with E-state index in [1.165, 1.54) is 4.31 Å². The summed E-state index contributed by atoms with van der Waals surface area (Å²) in [6, 6.07) is 6.60. The van der Waals surface area contributed by atoms with Crippen molar-refractivity contribution in [2.45, 2.75) is 24.3 Å². The summed E-state index contributed by atoms with van der Waals surface area (Å²) >= 11 is 0. The van der Waals surface area contributed by atoms with Crippen molar-refractivity contribution in [3.63, 3.8) is 0 Å². The molecule has 1 heterocycles.